The van der Waals surface area contributed by atoms with Crippen LogP contribution in [-0.2, 0) is 5.54 Å². The van der Waals surface area contributed by atoms with Gasteiger partial charge in [-0.25, -0.2) is 8.78 Å². The maximum atomic E-state index is 14.4. The summed E-state index contributed by atoms with van der Waals surface area (Å²) in [5, 5.41) is 18.9. The topological polar surface area (TPSA) is 65.7 Å². The number of benzene rings is 1. The summed E-state index contributed by atoms with van der Waals surface area (Å²) in [6.07, 6.45) is 0.713. The van der Waals surface area contributed by atoms with Crippen LogP contribution in [0, 0.1) is 17.1 Å². The largest absolute Gasteiger partial charge is 0.338 e. The van der Waals surface area contributed by atoms with Crippen molar-refractivity contribution in [3.63, 3.8) is 0 Å². The van der Waals surface area contributed by atoms with Crippen LogP contribution in [0.2, 0.25) is 5.02 Å². The molecule has 9 heteroatoms. The summed E-state index contributed by atoms with van der Waals surface area (Å²) in [5.41, 5.74) is 0.330. The van der Waals surface area contributed by atoms with Gasteiger partial charge >= 0.3 is 0 Å². The molecule has 0 amide bonds. The van der Waals surface area contributed by atoms with Gasteiger partial charge in [-0.15, -0.1) is 10.2 Å². The molecule has 0 spiro atoms. The second-order valence-electron chi connectivity index (χ2n) is 6.63. The first-order valence-corrected chi connectivity index (χ1v) is 9.66. The van der Waals surface area contributed by atoms with E-state index in [4.69, 9.17) is 16.9 Å². The second-order valence-corrected chi connectivity index (χ2v) is 7.99. The predicted molar refractivity (Wildman–Crippen MR) is 103 cm³/mol. The molecule has 2 aromatic heterocycles. The van der Waals surface area contributed by atoms with Gasteiger partial charge in [0.1, 0.15) is 17.7 Å². The Bertz CT molecular complexity index is 1070. The quantitative estimate of drug-likeness (QED) is 0.614. The third-order valence-electron chi connectivity index (χ3n) is 4.99. The van der Waals surface area contributed by atoms with Crippen LogP contribution in [0.25, 0.3) is 10.6 Å². The molecule has 0 unspecified atom stereocenters. The Balaban J connectivity index is 1.72. The lowest BCUT2D eigenvalue weighted by Crippen LogP contribution is -2.55. The minimum atomic E-state index is -1.03. The average molecular weight is 418 g/mol. The summed E-state index contributed by atoms with van der Waals surface area (Å²) >= 11 is 7.49. The lowest BCUT2D eigenvalue weighted by atomic mass is 9.71. The first kappa shape index (κ1) is 18.7. The summed E-state index contributed by atoms with van der Waals surface area (Å²) in [6.45, 7) is 0. The van der Waals surface area contributed by atoms with Gasteiger partial charge in [-0.05, 0) is 30.3 Å². The molecule has 1 aliphatic carbocycles. The van der Waals surface area contributed by atoms with E-state index in [1.54, 1.807) is 30.1 Å². The molecule has 1 aromatic carbocycles. The van der Waals surface area contributed by atoms with Crippen molar-refractivity contribution in [1.82, 2.24) is 15.2 Å². The normalized spacial score (nSPS) is 21.0. The number of alkyl halides is 1. The zero-order valence-electron chi connectivity index (χ0n) is 14.7. The first-order valence-electron chi connectivity index (χ1n) is 8.47. The molecule has 1 fully saturated rings. The number of halogens is 3. The van der Waals surface area contributed by atoms with Crippen LogP contribution >= 0.6 is 22.9 Å². The molecule has 0 saturated heterocycles. The number of nitriles is 1. The SMILES string of the molecule is CN(c1nnc(-c2cc(C#N)ccc2Cl)s1)C1(c2ncccc2F)CC(F)C1. The van der Waals surface area contributed by atoms with Crippen molar-refractivity contribution in [2.75, 3.05) is 11.9 Å². The maximum Gasteiger partial charge on any atom is 0.209 e. The monoisotopic (exact) mass is 417 g/mol. The smallest absolute Gasteiger partial charge is 0.209 e. The van der Waals surface area contributed by atoms with Crippen molar-refractivity contribution in [3.8, 4) is 16.6 Å². The Morgan fingerprint density at radius 2 is 2.11 bits per heavy atom. The van der Waals surface area contributed by atoms with Gasteiger partial charge in [0.05, 0.1) is 22.2 Å². The summed E-state index contributed by atoms with van der Waals surface area (Å²) in [6, 6.07) is 9.78. The van der Waals surface area contributed by atoms with Gasteiger partial charge < -0.3 is 4.90 Å². The molecule has 0 radical (unpaired) electrons. The van der Waals surface area contributed by atoms with Crippen molar-refractivity contribution in [2.24, 2.45) is 0 Å². The van der Waals surface area contributed by atoms with Crippen LogP contribution in [-0.4, -0.2) is 28.4 Å². The second kappa shape index (κ2) is 7.08. The van der Waals surface area contributed by atoms with E-state index >= 15 is 0 Å². The van der Waals surface area contributed by atoms with E-state index in [1.165, 1.54) is 29.7 Å². The van der Waals surface area contributed by atoms with E-state index in [0.717, 1.165) is 0 Å². The molecular weight excluding hydrogens is 404 g/mol. The van der Waals surface area contributed by atoms with E-state index < -0.39 is 17.5 Å². The van der Waals surface area contributed by atoms with Gasteiger partial charge in [-0.3, -0.25) is 4.98 Å². The highest BCUT2D eigenvalue weighted by Gasteiger charge is 2.52. The average Bonchev–Trinajstić information content (AvgIpc) is 3.15. The molecular formula is C19H14ClF2N5S. The minimum Gasteiger partial charge on any atom is -0.338 e. The van der Waals surface area contributed by atoms with Crippen LogP contribution in [0.1, 0.15) is 24.1 Å². The van der Waals surface area contributed by atoms with Gasteiger partial charge in [0.15, 0.2) is 5.01 Å². The molecule has 0 aliphatic heterocycles. The molecule has 1 saturated carbocycles. The minimum absolute atomic E-state index is 0.122. The molecule has 0 N–H and O–H groups in total. The lowest BCUT2D eigenvalue weighted by Gasteiger charge is -2.49. The van der Waals surface area contributed by atoms with Crippen molar-refractivity contribution in [2.45, 2.75) is 24.6 Å². The van der Waals surface area contributed by atoms with Gasteiger partial charge in [-0.1, -0.05) is 22.9 Å². The highest BCUT2D eigenvalue weighted by Crippen LogP contribution is 2.50. The lowest BCUT2D eigenvalue weighted by molar-refractivity contribution is 0.0870. The molecule has 142 valence electrons. The highest BCUT2D eigenvalue weighted by molar-refractivity contribution is 7.18. The Hall–Kier alpha value is -2.63. The molecule has 2 heterocycles. The van der Waals surface area contributed by atoms with Crippen molar-refractivity contribution >= 4 is 28.1 Å². The summed E-state index contributed by atoms with van der Waals surface area (Å²) in [5.74, 6) is -0.476. The molecule has 4 rings (SSSR count). The summed E-state index contributed by atoms with van der Waals surface area (Å²) in [4.78, 5) is 5.91. The Labute approximate surface area is 169 Å². The Kier molecular flexibility index (Phi) is 4.73. The predicted octanol–water partition coefficient (Wildman–Crippen LogP) is 4.73. The Morgan fingerprint density at radius 1 is 1.32 bits per heavy atom. The van der Waals surface area contributed by atoms with Gasteiger partial charge in [-0.2, -0.15) is 5.26 Å². The van der Waals surface area contributed by atoms with Gasteiger partial charge in [0.2, 0.25) is 5.13 Å². The molecule has 0 atom stereocenters. The standard InChI is InChI=1S/C19H14ClF2N5S/c1-27(19(8-12(21)9-19)16-15(22)3-2-6-24-16)18-26-25-17(28-18)13-7-11(10-23)4-5-14(13)20/h2-7,12H,8-9H2,1H3. The zero-order valence-corrected chi connectivity index (χ0v) is 16.3. The fraction of sp³-hybridized carbons (Fsp3) is 0.263. The van der Waals surface area contributed by atoms with E-state index in [-0.39, 0.29) is 18.5 Å². The molecule has 0 bridgehead atoms. The number of aromatic nitrogens is 3. The molecule has 3 aromatic rings. The van der Waals surface area contributed by atoms with Gasteiger partial charge in [0, 0.05) is 31.6 Å². The summed E-state index contributed by atoms with van der Waals surface area (Å²) < 4.78 is 28.3. The maximum absolute atomic E-state index is 14.4. The van der Waals surface area contributed by atoms with Crippen LogP contribution in [0.4, 0.5) is 13.9 Å². The van der Waals surface area contributed by atoms with Crippen LogP contribution in [0.5, 0.6) is 0 Å². The molecule has 5 nitrogen and oxygen atoms in total. The number of pyridine rings is 1. The van der Waals surface area contributed by atoms with E-state index in [0.29, 0.717) is 26.3 Å². The molecule has 28 heavy (non-hydrogen) atoms. The van der Waals surface area contributed by atoms with E-state index in [9.17, 15) is 8.78 Å². The van der Waals surface area contributed by atoms with Crippen LogP contribution in [0.15, 0.2) is 36.5 Å². The van der Waals surface area contributed by atoms with E-state index in [2.05, 4.69) is 21.3 Å². The third-order valence-corrected chi connectivity index (χ3v) is 6.35. The highest BCUT2D eigenvalue weighted by atomic mass is 35.5. The number of nitrogens with zero attached hydrogens (tertiary/aromatic N) is 5. The fourth-order valence-corrected chi connectivity index (χ4v) is 4.62. The molecule has 1 aliphatic rings. The number of rotatable bonds is 4. The van der Waals surface area contributed by atoms with Gasteiger partial charge in [0.25, 0.3) is 0 Å². The number of hydrogen-bond donors (Lipinski definition) is 0. The van der Waals surface area contributed by atoms with Crippen LogP contribution < -0.4 is 4.90 Å². The van der Waals surface area contributed by atoms with Crippen molar-refractivity contribution < 1.29 is 8.78 Å². The van der Waals surface area contributed by atoms with Crippen LogP contribution in [0.3, 0.4) is 0 Å². The number of hydrogen-bond acceptors (Lipinski definition) is 6. The van der Waals surface area contributed by atoms with Crippen molar-refractivity contribution in [1.29, 1.82) is 5.26 Å². The van der Waals surface area contributed by atoms with E-state index in [1.807, 2.05) is 0 Å². The number of anilines is 1. The Morgan fingerprint density at radius 3 is 2.79 bits per heavy atom. The third kappa shape index (κ3) is 3.01. The summed E-state index contributed by atoms with van der Waals surface area (Å²) in [7, 11) is 1.73. The van der Waals surface area contributed by atoms with Crippen molar-refractivity contribution in [3.05, 3.63) is 58.6 Å². The fourth-order valence-electron chi connectivity index (χ4n) is 3.43. The zero-order chi connectivity index (χ0) is 19.9. The first-order chi connectivity index (χ1) is 13.4.